The van der Waals surface area contributed by atoms with E-state index in [-0.39, 0.29) is 0 Å². The SMILES string of the molecule is [2H]C(C)C([2H])([2H])O. The Hall–Kier alpha value is -0.0400. The van der Waals surface area contributed by atoms with E-state index in [1.807, 2.05) is 0 Å². The Bertz CT molecular complexity index is 55.7. The summed E-state index contributed by atoms with van der Waals surface area (Å²) in [6.07, 6.45) is -1.06. The fourth-order valence-corrected chi connectivity index (χ4v) is 0. The molecule has 26 valence electrons. The average Bonchev–Trinajstić information content (AvgIpc) is 1.31. The van der Waals surface area contributed by atoms with Crippen LogP contribution in [0.1, 0.15) is 17.4 Å². The van der Waals surface area contributed by atoms with Crippen LogP contribution >= 0.6 is 0 Å². The summed E-state index contributed by atoms with van der Waals surface area (Å²) in [5.74, 6) is 0. The van der Waals surface area contributed by atoms with E-state index < -0.39 is 13.0 Å². The summed E-state index contributed by atoms with van der Waals surface area (Å²) in [7, 11) is 0. The summed E-state index contributed by atoms with van der Waals surface area (Å²) < 4.78 is 19.4. The molecule has 0 heterocycles. The predicted octanol–water partition coefficient (Wildman–Crippen LogP) is 0.389. The van der Waals surface area contributed by atoms with E-state index >= 15 is 0 Å². The van der Waals surface area contributed by atoms with Crippen molar-refractivity contribution in [1.82, 2.24) is 0 Å². The molecule has 0 aromatic rings. The van der Waals surface area contributed by atoms with Crippen LogP contribution in [0.15, 0.2) is 0 Å². The van der Waals surface area contributed by atoms with Gasteiger partial charge in [0.2, 0.25) is 0 Å². The Morgan fingerprint density at radius 2 is 2.50 bits per heavy atom. The van der Waals surface area contributed by atoms with Crippen molar-refractivity contribution in [2.45, 2.75) is 13.3 Å². The van der Waals surface area contributed by atoms with Crippen LogP contribution in [0.5, 0.6) is 0 Å². The topological polar surface area (TPSA) is 20.2 Å². The molecule has 0 saturated heterocycles. The number of hydrogen-bond acceptors (Lipinski definition) is 1. The second-order valence-electron chi connectivity index (χ2n) is 0.418. The van der Waals surface area contributed by atoms with Crippen LogP contribution < -0.4 is 0 Å². The fraction of sp³-hybridized carbons (Fsp3) is 1.00. The minimum absolute atomic E-state index is 1.06. The minimum atomic E-state index is -2.33. The van der Waals surface area contributed by atoms with Crippen molar-refractivity contribution < 1.29 is 9.22 Å². The van der Waals surface area contributed by atoms with Crippen molar-refractivity contribution >= 4 is 0 Å². The predicted molar refractivity (Wildman–Crippen MR) is 17.4 cm³/mol. The van der Waals surface area contributed by atoms with E-state index in [4.69, 9.17) is 9.22 Å². The van der Waals surface area contributed by atoms with Crippen LogP contribution in [0.25, 0.3) is 0 Å². The molecule has 0 aliphatic heterocycles. The molecule has 0 spiro atoms. The zero-order valence-electron chi connectivity index (χ0n) is 5.52. The first-order chi connectivity index (χ1) is 2.94. The highest BCUT2D eigenvalue weighted by Gasteiger charge is 1.57. The standard InChI is InChI=1S/C3H8O/c1-2-3-4/h4H,2-3H2,1H3/i2D,3D2. The molecule has 1 atom stereocenters. The van der Waals surface area contributed by atoms with Gasteiger partial charge in [0, 0.05) is 7.93 Å². The molecular weight excluding hydrogens is 52.0 g/mol. The van der Waals surface area contributed by atoms with Crippen LogP contribution in [0.2, 0.25) is 0 Å². The third-order valence-electron chi connectivity index (χ3n) is 0.129. The second-order valence-corrected chi connectivity index (χ2v) is 0.418. The third-order valence-corrected chi connectivity index (χ3v) is 0.129. The molecule has 1 unspecified atom stereocenters. The Morgan fingerprint density at radius 3 is 2.50 bits per heavy atom. The molecule has 0 fully saturated rings. The van der Waals surface area contributed by atoms with Gasteiger partial charge in [0.25, 0.3) is 0 Å². The van der Waals surface area contributed by atoms with E-state index in [1.54, 1.807) is 0 Å². The van der Waals surface area contributed by atoms with Crippen LogP contribution in [0.3, 0.4) is 0 Å². The van der Waals surface area contributed by atoms with Crippen LogP contribution in [-0.2, 0) is 0 Å². The van der Waals surface area contributed by atoms with Crippen LogP contribution in [-0.4, -0.2) is 11.7 Å². The van der Waals surface area contributed by atoms with Gasteiger partial charge in [-0.05, 0) is 6.40 Å². The lowest BCUT2D eigenvalue weighted by Crippen LogP contribution is -1.69. The smallest absolute Gasteiger partial charge is 0.0564 e. The molecule has 0 aromatic carbocycles. The fourth-order valence-electron chi connectivity index (χ4n) is 0. The van der Waals surface area contributed by atoms with E-state index in [1.165, 1.54) is 6.92 Å². The maximum absolute atomic E-state index is 8.24. The van der Waals surface area contributed by atoms with E-state index in [0.29, 0.717) is 0 Å². The molecule has 4 heavy (non-hydrogen) atoms. The Labute approximate surface area is 30.5 Å². The highest BCUT2D eigenvalue weighted by molar-refractivity contribution is 4.10. The first kappa shape index (κ1) is 0.977. The summed E-state index contributed by atoms with van der Waals surface area (Å²) in [5, 5.41) is 8.24. The van der Waals surface area contributed by atoms with Gasteiger partial charge >= 0.3 is 0 Å². The number of hydrogen-bond donors (Lipinski definition) is 1. The maximum Gasteiger partial charge on any atom is 0.0564 e. The van der Waals surface area contributed by atoms with Gasteiger partial charge in [0.05, 0.1) is 2.74 Å². The molecule has 0 radical (unpaired) electrons. The molecule has 1 heteroatoms. The Kier molecular flexibility index (Phi) is 0.723. The molecule has 0 amide bonds. The van der Waals surface area contributed by atoms with Crippen molar-refractivity contribution in [2.24, 2.45) is 0 Å². The van der Waals surface area contributed by atoms with E-state index in [0.717, 1.165) is 0 Å². The van der Waals surface area contributed by atoms with Gasteiger partial charge in [-0.25, -0.2) is 0 Å². The van der Waals surface area contributed by atoms with Crippen molar-refractivity contribution in [2.75, 3.05) is 6.56 Å². The molecule has 1 nitrogen and oxygen atoms in total. The third kappa shape index (κ3) is 1.96. The Morgan fingerprint density at radius 1 is 2.25 bits per heavy atom. The number of aliphatic hydroxyl groups is 1. The summed E-state index contributed by atoms with van der Waals surface area (Å²) in [4.78, 5) is 0. The molecule has 0 rings (SSSR count). The van der Waals surface area contributed by atoms with Gasteiger partial charge in [0.1, 0.15) is 0 Å². The largest absolute Gasteiger partial charge is 0.396 e. The van der Waals surface area contributed by atoms with Crippen molar-refractivity contribution in [1.29, 1.82) is 0 Å². The Balaban J connectivity index is 3.54. The van der Waals surface area contributed by atoms with Gasteiger partial charge in [-0.15, -0.1) is 0 Å². The van der Waals surface area contributed by atoms with Crippen LogP contribution in [0.4, 0.5) is 0 Å². The normalized spacial score (nSPS) is 30.0. The summed E-state index contributed by atoms with van der Waals surface area (Å²) in [6.45, 7) is -1.04. The van der Waals surface area contributed by atoms with Gasteiger partial charge in [-0.1, -0.05) is 6.92 Å². The number of rotatable bonds is 1. The minimum Gasteiger partial charge on any atom is -0.396 e. The average molecular weight is 63.1 g/mol. The van der Waals surface area contributed by atoms with Gasteiger partial charge in [-0.2, -0.15) is 0 Å². The zero-order valence-corrected chi connectivity index (χ0v) is 2.52. The molecule has 0 aliphatic rings. The van der Waals surface area contributed by atoms with E-state index in [9.17, 15) is 0 Å². The van der Waals surface area contributed by atoms with Crippen molar-refractivity contribution in [3.8, 4) is 0 Å². The zero-order chi connectivity index (χ0) is 6.08. The monoisotopic (exact) mass is 63.1 g/mol. The lowest BCUT2D eigenvalue weighted by Gasteiger charge is -1.69. The molecule has 1 N–H and O–H groups in total. The lowest BCUT2D eigenvalue weighted by atomic mass is 10.5. The summed E-state index contributed by atoms with van der Waals surface area (Å²) in [6, 6.07) is 0. The second kappa shape index (κ2) is 2.96. The molecule has 0 aliphatic carbocycles. The quantitative estimate of drug-likeness (QED) is 0.466. The molecule has 0 aromatic heterocycles. The highest BCUT2D eigenvalue weighted by atomic mass is 16.2. The first-order valence-electron chi connectivity index (χ1n) is 2.67. The summed E-state index contributed by atoms with van der Waals surface area (Å²) in [5.41, 5.74) is 0. The van der Waals surface area contributed by atoms with E-state index in [2.05, 4.69) is 0 Å². The molecular formula is C3H8O. The van der Waals surface area contributed by atoms with Crippen molar-refractivity contribution in [3.05, 3.63) is 0 Å². The molecule has 0 saturated carbocycles. The maximum atomic E-state index is 8.24. The highest BCUT2D eigenvalue weighted by Crippen LogP contribution is 1.61. The molecule has 0 bridgehead atoms. The first-order valence-corrected chi connectivity index (χ1v) is 1.09. The lowest BCUT2D eigenvalue weighted by molar-refractivity contribution is 0.295. The van der Waals surface area contributed by atoms with Gasteiger partial charge in [-0.3, -0.25) is 0 Å². The van der Waals surface area contributed by atoms with Gasteiger partial charge in [0.15, 0.2) is 0 Å². The van der Waals surface area contributed by atoms with Crippen LogP contribution in [0, 0.1) is 0 Å². The van der Waals surface area contributed by atoms with Gasteiger partial charge < -0.3 is 5.11 Å². The van der Waals surface area contributed by atoms with Crippen molar-refractivity contribution in [3.63, 3.8) is 0 Å². The summed E-state index contributed by atoms with van der Waals surface area (Å²) >= 11 is 0.